The molecule has 0 radical (unpaired) electrons. The summed E-state index contributed by atoms with van der Waals surface area (Å²) in [7, 11) is 0. The van der Waals surface area contributed by atoms with E-state index >= 15 is 0 Å². The molecule has 0 aliphatic rings. The molecular formula is C15H25ClN2O2. The van der Waals surface area contributed by atoms with Gasteiger partial charge in [0.1, 0.15) is 5.75 Å². The molecular weight excluding hydrogens is 276 g/mol. The molecule has 5 heteroatoms. The third-order valence-corrected chi connectivity index (χ3v) is 3.51. The van der Waals surface area contributed by atoms with Gasteiger partial charge in [-0.3, -0.25) is 4.79 Å². The summed E-state index contributed by atoms with van der Waals surface area (Å²) in [5.74, 6) is 0.581. The van der Waals surface area contributed by atoms with E-state index < -0.39 is 0 Å². The van der Waals surface area contributed by atoms with Crippen molar-refractivity contribution in [2.75, 3.05) is 13.2 Å². The highest BCUT2D eigenvalue weighted by atomic mass is 35.5. The van der Waals surface area contributed by atoms with Gasteiger partial charge < -0.3 is 15.8 Å². The number of halogens is 1. The lowest BCUT2D eigenvalue weighted by Gasteiger charge is -2.31. The van der Waals surface area contributed by atoms with Gasteiger partial charge >= 0.3 is 0 Å². The molecule has 0 saturated carbocycles. The van der Waals surface area contributed by atoms with Crippen LogP contribution in [-0.2, 0) is 4.79 Å². The number of nitrogens with one attached hydrogen (secondary N) is 1. The largest absolute Gasteiger partial charge is 0.484 e. The van der Waals surface area contributed by atoms with Crippen molar-refractivity contribution >= 4 is 18.3 Å². The highest BCUT2D eigenvalue weighted by Gasteiger charge is 2.26. The fraction of sp³-hybridized carbons (Fsp3) is 0.533. The van der Waals surface area contributed by atoms with Crippen LogP contribution in [0.2, 0.25) is 0 Å². The van der Waals surface area contributed by atoms with E-state index in [1.54, 1.807) is 0 Å². The summed E-state index contributed by atoms with van der Waals surface area (Å²) in [4.78, 5) is 11.9. The Morgan fingerprint density at radius 2 is 2.00 bits per heavy atom. The molecule has 20 heavy (non-hydrogen) atoms. The zero-order chi connectivity index (χ0) is 14.3. The van der Waals surface area contributed by atoms with Gasteiger partial charge in [-0.2, -0.15) is 0 Å². The maximum atomic E-state index is 11.9. The van der Waals surface area contributed by atoms with Gasteiger partial charge in [-0.25, -0.2) is 0 Å². The molecule has 1 aromatic carbocycles. The number of carbonyl (C=O) groups excluding carboxylic acids is 1. The summed E-state index contributed by atoms with van der Waals surface area (Å²) in [6.45, 7) is 6.50. The van der Waals surface area contributed by atoms with Crippen LogP contribution in [0.4, 0.5) is 0 Å². The molecule has 0 atom stereocenters. The average molecular weight is 301 g/mol. The molecule has 0 aliphatic carbocycles. The zero-order valence-corrected chi connectivity index (χ0v) is 13.3. The van der Waals surface area contributed by atoms with Crippen LogP contribution >= 0.6 is 12.4 Å². The number of carbonyl (C=O) groups is 1. The molecule has 0 fully saturated rings. The molecule has 1 aromatic rings. The number of rotatable bonds is 7. The van der Waals surface area contributed by atoms with Crippen LogP contribution in [-0.4, -0.2) is 24.6 Å². The normalized spacial score (nSPS) is 10.6. The van der Waals surface area contributed by atoms with Crippen LogP contribution < -0.4 is 15.8 Å². The number of hydrogen-bond acceptors (Lipinski definition) is 3. The molecule has 4 nitrogen and oxygen atoms in total. The number of aryl methyl sites for hydroxylation is 1. The van der Waals surface area contributed by atoms with Crippen molar-refractivity contribution in [1.82, 2.24) is 5.32 Å². The second-order valence-electron chi connectivity index (χ2n) is 4.84. The van der Waals surface area contributed by atoms with Crippen LogP contribution in [0, 0.1) is 6.92 Å². The molecule has 0 saturated heterocycles. The molecule has 0 aliphatic heterocycles. The lowest BCUT2D eigenvalue weighted by molar-refractivity contribution is -0.125. The van der Waals surface area contributed by atoms with E-state index in [0.29, 0.717) is 12.3 Å². The zero-order valence-electron chi connectivity index (χ0n) is 12.4. The molecule has 0 heterocycles. The number of ether oxygens (including phenoxy) is 1. The second-order valence-corrected chi connectivity index (χ2v) is 4.84. The summed E-state index contributed by atoms with van der Waals surface area (Å²) in [6.07, 6.45) is 1.63. The molecule has 1 amide bonds. The van der Waals surface area contributed by atoms with Gasteiger partial charge in [0, 0.05) is 6.54 Å². The van der Waals surface area contributed by atoms with Crippen molar-refractivity contribution in [2.24, 2.45) is 5.73 Å². The van der Waals surface area contributed by atoms with Crippen LogP contribution in [0.3, 0.4) is 0 Å². The number of nitrogens with two attached hydrogens (primary N) is 1. The van der Waals surface area contributed by atoms with Gasteiger partial charge in [0.2, 0.25) is 0 Å². The first-order chi connectivity index (χ1) is 9.05. The first kappa shape index (κ1) is 18.7. The monoisotopic (exact) mass is 300 g/mol. The lowest BCUT2D eigenvalue weighted by atomic mass is 9.93. The van der Waals surface area contributed by atoms with Gasteiger partial charge in [-0.15, -0.1) is 12.4 Å². The lowest BCUT2D eigenvalue weighted by Crippen LogP contribution is -2.54. The molecule has 1 rings (SSSR count). The fourth-order valence-electron chi connectivity index (χ4n) is 1.95. The summed E-state index contributed by atoms with van der Waals surface area (Å²) < 4.78 is 5.48. The SMILES string of the molecule is CCC(CC)(CN)NC(=O)COc1cccc(C)c1.Cl. The average Bonchev–Trinajstić information content (AvgIpc) is 2.43. The Kier molecular flexibility index (Phi) is 8.26. The van der Waals surface area contributed by atoms with E-state index in [0.717, 1.165) is 18.4 Å². The smallest absolute Gasteiger partial charge is 0.258 e. The van der Waals surface area contributed by atoms with E-state index in [-0.39, 0.29) is 30.5 Å². The van der Waals surface area contributed by atoms with Gasteiger partial charge in [-0.1, -0.05) is 26.0 Å². The molecule has 0 unspecified atom stereocenters. The Bertz CT molecular complexity index is 412. The third kappa shape index (κ3) is 5.39. The first-order valence-corrected chi connectivity index (χ1v) is 6.75. The topological polar surface area (TPSA) is 64.3 Å². The maximum absolute atomic E-state index is 11.9. The van der Waals surface area contributed by atoms with E-state index in [1.165, 1.54) is 0 Å². The minimum atomic E-state index is -0.312. The van der Waals surface area contributed by atoms with Gasteiger partial charge in [0.15, 0.2) is 6.61 Å². The van der Waals surface area contributed by atoms with Crippen molar-refractivity contribution < 1.29 is 9.53 Å². The predicted molar refractivity (Wildman–Crippen MR) is 84.4 cm³/mol. The highest BCUT2D eigenvalue weighted by Crippen LogP contribution is 2.14. The maximum Gasteiger partial charge on any atom is 0.258 e. The van der Waals surface area contributed by atoms with Crippen molar-refractivity contribution in [2.45, 2.75) is 39.2 Å². The summed E-state index contributed by atoms with van der Waals surface area (Å²) in [5.41, 5.74) is 6.54. The van der Waals surface area contributed by atoms with Gasteiger partial charge in [-0.05, 0) is 37.5 Å². The minimum absolute atomic E-state index is 0. The van der Waals surface area contributed by atoms with Gasteiger partial charge in [0.05, 0.1) is 5.54 Å². The Morgan fingerprint density at radius 1 is 1.35 bits per heavy atom. The van der Waals surface area contributed by atoms with E-state index in [1.807, 2.05) is 45.0 Å². The number of hydrogen-bond donors (Lipinski definition) is 2. The van der Waals surface area contributed by atoms with Crippen molar-refractivity contribution in [3.05, 3.63) is 29.8 Å². The Balaban J connectivity index is 0.00000361. The van der Waals surface area contributed by atoms with Crippen LogP contribution in [0.25, 0.3) is 0 Å². The van der Waals surface area contributed by atoms with Crippen LogP contribution in [0.5, 0.6) is 5.75 Å². The molecule has 0 spiro atoms. The predicted octanol–water partition coefficient (Wildman–Crippen LogP) is 2.43. The van der Waals surface area contributed by atoms with Crippen LogP contribution in [0.15, 0.2) is 24.3 Å². The van der Waals surface area contributed by atoms with Crippen molar-refractivity contribution in [3.8, 4) is 5.75 Å². The summed E-state index contributed by atoms with van der Waals surface area (Å²) >= 11 is 0. The summed E-state index contributed by atoms with van der Waals surface area (Å²) in [6, 6.07) is 7.64. The van der Waals surface area contributed by atoms with Gasteiger partial charge in [0.25, 0.3) is 5.91 Å². The van der Waals surface area contributed by atoms with E-state index in [4.69, 9.17) is 10.5 Å². The molecule has 0 bridgehead atoms. The molecule has 3 N–H and O–H groups in total. The number of amides is 1. The highest BCUT2D eigenvalue weighted by molar-refractivity contribution is 5.85. The Morgan fingerprint density at radius 3 is 2.50 bits per heavy atom. The second kappa shape index (κ2) is 8.82. The van der Waals surface area contributed by atoms with E-state index in [2.05, 4.69) is 5.32 Å². The number of benzene rings is 1. The Labute approximate surface area is 127 Å². The standard InChI is InChI=1S/C15H24N2O2.ClH/c1-4-15(5-2,11-16)17-14(18)10-19-13-8-6-7-12(3)9-13;/h6-9H,4-5,10-11,16H2,1-3H3,(H,17,18);1H. The first-order valence-electron chi connectivity index (χ1n) is 6.75. The summed E-state index contributed by atoms with van der Waals surface area (Å²) in [5, 5.41) is 2.98. The van der Waals surface area contributed by atoms with Crippen LogP contribution in [0.1, 0.15) is 32.3 Å². The Hall–Kier alpha value is -1.26. The minimum Gasteiger partial charge on any atom is -0.484 e. The van der Waals surface area contributed by atoms with E-state index in [9.17, 15) is 4.79 Å². The molecule has 0 aromatic heterocycles. The third-order valence-electron chi connectivity index (χ3n) is 3.51. The quantitative estimate of drug-likeness (QED) is 0.813. The van der Waals surface area contributed by atoms with Crippen molar-refractivity contribution in [3.63, 3.8) is 0 Å². The fourth-order valence-corrected chi connectivity index (χ4v) is 1.95. The van der Waals surface area contributed by atoms with Crippen molar-refractivity contribution in [1.29, 1.82) is 0 Å². The molecule has 114 valence electrons.